The largest absolute Gasteiger partial charge is 0.379 e. The van der Waals surface area contributed by atoms with Crippen molar-refractivity contribution in [2.45, 2.75) is 64.0 Å². The molecule has 1 atom stereocenters. The number of hydrogen-bond acceptors (Lipinski definition) is 2. The van der Waals surface area contributed by atoms with Crippen LogP contribution in [0.3, 0.4) is 0 Å². The van der Waals surface area contributed by atoms with Gasteiger partial charge in [-0.2, -0.15) is 0 Å². The normalized spacial score (nSPS) is 19.2. The maximum absolute atomic E-state index is 5.42. The van der Waals surface area contributed by atoms with Crippen LogP contribution in [-0.4, -0.2) is 25.8 Å². The molecule has 1 fully saturated rings. The molecule has 1 unspecified atom stereocenters. The summed E-state index contributed by atoms with van der Waals surface area (Å²) in [7, 11) is 3.91. The lowest BCUT2D eigenvalue weighted by Crippen LogP contribution is -2.27. The molecule has 15 heavy (non-hydrogen) atoms. The van der Waals surface area contributed by atoms with Crippen molar-refractivity contribution in [1.29, 1.82) is 0 Å². The van der Waals surface area contributed by atoms with Gasteiger partial charge in [0, 0.05) is 13.2 Å². The van der Waals surface area contributed by atoms with Crippen molar-refractivity contribution in [1.82, 2.24) is 5.32 Å². The summed E-state index contributed by atoms with van der Waals surface area (Å²) >= 11 is 0. The molecule has 1 rings (SSSR count). The van der Waals surface area contributed by atoms with Crippen molar-refractivity contribution in [3.8, 4) is 0 Å². The SMILES string of the molecule is CNC(CCCCC(C)(C)OC)C1CC1. The van der Waals surface area contributed by atoms with Gasteiger partial charge in [-0.15, -0.1) is 0 Å². The van der Waals surface area contributed by atoms with E-state index in [1.807, 2.05) is 0 Å². The van der Waals surface area contributed by atoms with Crippen LogP contribution in [0.1, 0.15) is 52.4 Å². The smallest absolute Gasteiger partial charge is 0.0622 e. The molecule has 0 saturated heterocycles. The zero-order valence-electron chi connectivity index (χ0n) is 10.8. The van der Waals surface area contributed by atoms with Crippen LogP contribution in [0.15, 0.2) is 0 Å². The highest BCUT2D eigenvalue weighted by Gasteiger charge is 2.29. The second-order valence-corrected chi connectivity index (χ2v) is 5.44. The first-order valence-corrected chi connectivity index (χ1v) is 6.31. The van der Waals surface area contributed by atoms with E-state index < -0.39 is 0 Å². The van der Waals surface area contributed by atoms with Crippen molar-refractivity contribution in [2.24, 2.45) is 5.92 Å². The summed E-state index contributed by atoms with van der Waals surface area (Å²) in [5.41, 5.74) is 0.0642. The second-order valence-electron chi connectivity index (χ2n) is 5.44. The second kappa shape index (κ2) is 5.86. The number of hydrogen-bond donors (Lipinski definition) is 1. The Morgan fingerprint density at radius 1 is 1.33 bits per heavy atom. The average Bonchev–Trinajstić information content (AvgIpc) is 3.02. The van der Waals surface area contributed by atoms with Gasteiger partial charge in [0.05, 0.1) is 5.60 Å². The zero-order valence-corrected chi connectivity index (χ0v) is 10.8. The van der Waals surface area contributed by atoms with E-state index in [-0.39, 0.29) is 5.60 Å². The number of methoxy groups -OCH3 is 1. The van der Waals surface area contributed by atoms with E-state index in [1.54, 1.807) is 7.11 Å². The topological polar surface area (TPSA) is 21.3 Å². The summed E-state index contributed by atoms with van der Waals surface area (Å²) in [6.45, 7) is 4.34. The molecule has 0 radical (unpaired) electrons. The Morgan fingerprint density at radius 2 is 2.00 bits per heavy atom. The van der Waals surface area contributed by atoms with E-state index >= 15 is 0 Å². The highest BCUT2D eigenvalue weighted by molar-refractivity contribution is 4.85. The third-order valence-electron chi connectivity index (χ3n) is 3.66. The Kier molecular flexibility index (Phi) is 5.07. The fourth-order valence-electron chi connectivity index (χ4n) is 2.13. The van der Waals surface area contributed by atoms with Crippen molar-refractivity contribution < 1.29 is 4.74 Å². The predicted molar refractivity (Wildman–Crippen MR) is 65.1 cm³/mol. The molecule has 2 heteroatoms. The minimum Gasteiger partial charge on any atom is -0.379 e. The summed E-state index contributed by atoms with van der Waals surface area (Å²) in [4.78, 5) is 0. The van der Waals surface area contributed by atoms with Crippen LogP contribution in [0.2, 0.25) is 0 Å². The van der Waals surface area contributed by atoms with Crippen LogP contribution >= 0.6 is 0 Å². The summed E-state index contributed by atoms with van der Waals surface area (Å²) < 4.78 is 5.42. The van der Waals surface area contributed by atoms with Crippen molar-refractivity contribution in [2.75, 3.05) is 14.2 Å². The molecule has 0 aromatic heterocycles. The summed E-state index contributed by atoms with van der Waals surface area (Å²) in [6.07, 6.45) is 8.00. The van der Waals surface area contributed by atoms with Crippen LogP contribution in [0.25, 0.3) is 0 Å². The third-order valence-corrected chi connectivity index (χ3v) is 3.66. The molecular formula is C13H27NO. The first-order chi connectivity index (χ1) is 7.09. The zero-order chi connectivity index (χ0) is 11.3. The molecule has 0 spiro atoms. The number of unbranched alkanes of at least 4 members (excludes halogenated alkanes) is 1. The Hall–Kier alpha value is -0.0800. The number of nitrogens with one attached hydrogen (secondary N) is 1. The number of rotatable bonds is 8. The lowest BCUT2D eigenvalue weighted by Gasteiger charge is -2.23. The molecule has 1 aliphatic carbocycles. The van der Waals surface area contributed by atoms with Gasteiger partial charge in [0.15, 0.2) is 0 Å². The standard InChI is InChI=1S/C13H27NO/c1-13(2,15-4)10-6-5-7-12(14-3)11-8-9-11/h11-12,14H,5-10H2,1-4H3. The van der Waals surface area contributed by atoms with Gasteiger partial charge in [0.25, 0.3) is 0 Å². The first kappa shape index (κ1) is 13.0. The maximum Gasteiger partial charge on any atom is 0.0622 e. The molecule has 2 nitrogen and oxygen atoms in total. The monoisotopic (exact) mass is 213 g/mol. The van der Waals surface area contributed by atoms with Gasteiger partial charge in [-0.3, -0.25) is 0 Å². The lowest BCUT2D eigenvalue weighted by molar-refractivity contribution is 0.0132. The van der Waals surface area contributed by atoms with Crippen molar-refractivity contribution in [3.05, 3.63) is 0 Å². The fraction of sp³-hybridized carbons (Fsp3) is 1.00. The Bertz CT molecular complexity index is 175. The van der Waals surface area contributed by atoms with Crippen molar-refractivity contribution >= 4 is 0 Å². The van der Waals surface area contributed by atoms with Crippen LogP contribution < -0.4 is 5.32 Å². The minimum absolute atomic E-state index is 0.0642. The quantitative estimate of drug-likeness (QED) is 0.626. The highest BCUT2D eigenvalue weighted by Crippen LogP contribution is 2.34. The van der Waals surface area contributed by atoms with E-state index in [0.717, 1.165) is 12.0 Å². The van der Waals surface area contributed by atoms with Gasteiger partial charge in [-0.1, -0.05) is 12.8 Å². The molecule has 1 aliphatic rings. The van der Waals surface area contributed by atoms with Crippen LogP contribution in [-0.2, 0) is 4.74 Å². The van der Waals surface area contributed by atoms with E-state index in [4.69, 9.17) is 4.74 Å². The Morgan fingerprint density at radius 3 is 2.47 bits per heavy atom. The van der Waals surface area contributed by atoms with Gasteiger partial charge in [0.1, 0.15) is 0 Å². The first-order valence-electron chi connectivity index (χ1n) is 6.31. The van der Waals surface area contributed by atoms with E-state index in [2.05, 4.69) is 26.2 Å². The maximum atomic E-state index is 5.42. The molecule has 0 aliphatic heterocycles. The van der Waals surface area contributed by atoms with E-state index in [9.17, 15) is 0 Å². The predicted octanol–water partition coefficient (Wildman–Crippen LogP) is 2.97. The molecule has 0 amide bonds. The summed E-state index contributed by atoms with van der Waals surface area (Å²) in [5, 5.41) is 3.44. The highest BCUT2D eigenvalue weighted by atomic mass is 16.5. The van der Waals surface area contributed by atoms with Gasteiger partial charge in [0.2, 0.25) is 0 Å². The summed E-state index contributed by atoms with van der Waals surface area (Å²) in [6, 6.07) is 0.774. The van der Waals surface area contributed by atoms with Crippen LogP contribution in [0.5, 0.6) is 0 Å². The summed E-state index contributed by atoms with van der Waals surface area (Å²) in [5.74, 6) is 0.977. The van der Waals surface area contributed by atoms with E-state index in [0.29, 0.717) is 0 Å². The molecule has 1 saturated carbocycles. The van der Waals surface area contributed by atoms with Gasteiger partial charge in [-0.05, 0) is 52.5 Å². The lowest BCUT2D eigenvalue weighted by atomic mass is 9.98. The van der Waals surface area contributed by atoms with Gasteiger partial charge >= 0.3 is 0 Å². The third kappa shape index (κ3) is 4.98. The fourth-order valence-corrected chi connectivity index (χ4v) is 2.13. The van der Waals surface area contributed by atoms with Crippen LogP contribution in [0.4, 0.5) is 0 Å². The minimum atomic E-state index is 0.0642. The van der Waals surface area contributed by atoms with Crippen LogP contribution in [0, 0.1) is 5.92 Å². The van der Waals surface area contributed by atoms with Gasteiger partial charge in [-0.25, -0.2) is 0 Å². The molecule has 1 N–H and O–H groups in total. The van der Waals surface area contributed by atoms with E-state index in [1.165, 1.54) is 38.5 Å². The number of ether oxygens (including phenoxy) is 1. The molecule has 90 valence electrons. The Labute approximate surface area is 94.8 Å². The van der Waals surface area contributed by atoms with Crippen molar-refractivity contribution in [3.63, 3.8) is 0 Å². The molecule has 0 aromatic rings. The molecule has 0 bridgehead atoms. The average molecular weight is 213 g/mol. The molecular weight excluding hydrogens is 186 g/mol. The Balaban J connectivity index is 2.05. The molecule has 0 aromatic carbocycles. The molecule has 0 heterocycles. The van der Waals surface area contributed by atoms with Gasteiger partial charge < -0.3 is 10.1 Å².